The number of halogens is 1. The lowest BCUT2D eigenvalue weighted by molar-refractivity contribution is -0.220. The zero-order valence-electron chi connectivity index (χ0n) is 43.5. The summed E-state index contributed by atoms with van der Waals surface area (Å²) in [5.74, 6) is -5.17. The zero-order chi connectivity index (χ0) is 52.5. The molecule has 0 radical (unpaired) electrons. The Morgan fingerprint density at radius 2 is 1.20 bits per heavy atom. The number of carbonyl (C=O) groups excluding carboxylic acids is 6. The van der Waals surface area contributed by atoms with Crippen LogP contribution in [0.25, 0.3) is 0 Å². The topological polar surface area (TPSA) is 220 Å². The Kier molecular flexibility index (Phi) is 13.0. The van der Waals surface area contributed by atoms with E-state index >= 15 is 4.39 Å². The molecule has 0 bridgehead atoms. The van der Waals surface area contributed by atoms with Gasteiger partial charge in [-0.3, -0.25) is 19.2 Å². The van der Waals surface area contributed by atoms with Crippen LogP contribution in [-0.4, -0.2) is 116 Å². The maximum atomic E-state index is 17.6. The second kappa shape index (κ2) is 17.3. The van der Waals surface area contributed by atoms with Crippen molar-refractivity contribution in [2.75, 3.05) is 19.8 Å². The fourth-order valence-electron chi connectivity index (χ4n) is 16.5. The number of ether oxygens (including phenoxy) is 4. The number of aliphatic hydroxyl groups is 4. The van der Waals surface area contributed by atoms with Crippen molar-refractivity contribution >= 4 is 35.3 Å². The van der Waals surface area contributed by atoms with Gasteiger partial charge in [-0.25, -0.2) is 14.0 Å². The summed E-state index contributed by atoms with van der Waals surface area (Å²) in [6, 6.07) is 0. The van der Waals surface area contributed by atoms with Crippen LogP contribution in [-0.2, 0) is 42.9 Å². The molecular weight excluding hydrogens is 916 g/mol. The number of aliphatic hydroxyl groups excluding tert-OH is 2. The van der Waals surface area contributed by atoms with Crippen LogP contribution in [0.2, 0.25) is 0 Å². The highest BCUT2D eigenvalue weighted by Crippen LogP contribution is 2.74. The summed E-state index contributed by atoms with van der Waals surface area (Å²) in [7, 11) is 0. The Labute approximate surface area is 417 Å². The van der Waals surface area contributed by atoms with Crippen LogP contribution in [0, 0.1) is 62.6 Å². The molecule has 0 heterocycles. The summed E-state index contributed by atoms with van der Waals surface area (Å²) in [4.78, 5) is 79.7. The Bertz CT molecular complexity index is 2410. The predicted molar refractivity (Wildman–Crippen MR) is 257 cm³/mol. The average Bonchev–Trinajstić information content (AvgIpc) is 3.63. The molecule has 0 aromatic heterocycles. The van der Waals surface area contributed by atoms with Gasteiger partial charge in [0.2, 0.25) is 11.6 Å². The van der Waals surface area contributed by atoms with Crippen molar-refractivity contribution in [3.8, 4) is 0 Å². The van der Waals surface area contributed by atoms with Gasteiger partial charge < -0.3 is 39.4 Å². The van der Waals surface area contributed by atoms with E-state index in [-0.39, 0.29) is 55.7 Å². The van der Waals surface area contributed by atoms with Gasteiger partial charge in [0, 0.05) is 39.4 Å². The minimum absolute atomic E-state index is 0.0643. The zero-order valence-corrected chi connectivity index (χ0v) is 43.5. The van der Waals surface area contributed by atoms with Gasteiger partial charge >= 0.3 is 12.1 Å². The number of allylic oxidation sites excluding steroid dienone is 8. The highest BCUT2D eigenvalue weighted by atomic mass is 19.1. The van der Waals surface area contributed by atoms with Gasteiger partial charge in [0.1, 0.15) is 16.8 Å². The summed E-state index contributed by atoms with van der Waals surface area (Å²) < 4.78 is 40.2. The van der Waals surface area contributed by atoms with Crippen LogP contribution in [0.15, 0.2) is 47.6 Å². The third-order valence-electron chi connectivity index (χ3n) is 21.3. The summed E-state index contributed by atoms with van der Waals surface area (Å²) in [6.45, 7) is 17.7. The number of Topliss-reactive ketones (excluding diaryl/α,β-unsaturated/α-hetero) is 2. The van der Waals surface area contributed by atoms with Gasteiger partial charge in [0.05, 0.1) is 18.8 Å². The van der Waals surface area contributed by atoms with E-state index in [1.54, 1.807) is 59.8 Å². The second-order valence-corrected chi connectivity index (χ2v) is 24.9. The van der Waals surface area contributed by atoms with Gasteiger partial charge in [-0.2, -0.15) is 0 Å². The maximum Gasteiger partial charge on any atom is 0.509 e. The number of rotatable bonds is 13. The number of hydrogen-bond donors (Lipinski definition) is 4. The van der Waals surface area contributed by atoms with Crippen LogP contribution in [0.1, 0.15) is 140 Å². The first-order valence-corrected chi connectivity index (χ1v) is 25.9. The van der Waals surface area contributed by atoms with Gasteiger partial charge in [0.15, 0.2) is 36.1 Å². The highest BCUT2D eigenvalue weighted by molar-refractivity contribution is 6.02. The van der Waals surface area contributed by atoms with Crippen molar-refractivity contribution in [3.05, 3.63) is 47.6 Å². The maximum absolute atomic E-state index is 17.6. The van der Waals surface area contributed by atoms with E-state index in [9.17, 15) is 49.2 Å². The molecule has 14 nitrogen and oxygen atoms in total. The lowest BCUT2D eigenvalue weighted by atomic mass is 9.39. The van der Waals surface area contributed by atoms with Gasteiger partial charge in [-0.05, 0) is 139 Å². The molecule has 4 N–H and O–H groups in total. The highest BCUT2D eigenvalue weighted by Gasteiger charge is 2.77. The van der Waals surface area contributed by atoms with Crippen LogP contribution in [0.3, 0.4) is 0 Å². The normalized spacial score (nSPS) is 45.1. The third kappa shape index (κ3) is 7.36. The second-order valence-electron chi connectivity index (χ2n) is 24.9. The molecule has 392 valence electrons. The monoisotopic (exact) mass is 993 g/mol. The molecule has 0 spiro atoms. The summed E-state index contributed by atoms with van der Waals surface area (Å²) in [5, 5.41) is 48.6. The first-order chi connectivity index (χ1) is 32.8. The number of alkyl halides is 1. The molecule has 0 aromatic rings. The van der Waals surface area contributed by atoms with E-state index in [1.165, 1.54) is 19.1 Å². The van der Waals surface area contributed by atoms with Crippen LogP contribution < -0.4 is 0 Å². The van der Waals surface area contributed by atoms with Crippen LogP contribution in [0.5, 0.6) is 0 Å². The molecule has 6 saturated carbocycles. The molecule has 8 aliphatic rings. The Balaban J connectivity index is 0.844. The lowest BCUT2D eigenvalue weighted by Gasteiger charge is -2.65. The molecule has 0 amide bonds. The Morgan fingerprint density at radius 1 is 0.718 bits per heavy atom. The minimum Gasteiger partial charge on any atom is -0.455 e. The van der Waals surface area contributed by atoms with Crippen molar-refractivity contribution in [3.63, 3.8) is 0 Å². The van der Waals surface area contributed by atoms with E-state index in [4.69, 9.17) is 18.9 Å². The molecule has 6 fully saturated rings. The SMILES string of the molecule is CCC(C)(OCCC(C)(C)OC(=O)OCC(=O)[C@@]1(O)[C@H](C)C[C@H]2[C@@H]3CCC4=CC(=O)C=C[C@]4(C)[C@@]3(C)[C@@H](O)C[C@@]21C)C(=O)OCC(=O)[C@@]1(O)[C@H](C)C[C@H]2[C@@H]3CCC4=CC(=O)C=C[C@]4(C)[C@@]3(F)[C@@H](O)C[C@@]21C. The van der Waals surface area contributed by atoms with E-state index < -0.39 is 128 Å². The summed E-state index contributed by atoms with van der Waals surface area (Å²) >= 11 is 0. The van der Waals surface area contributed by atoms with Crippen molar-refractivity contribution in [1.82, 2.24) is 0 Å². The smallest absolute Gasteiger partial charge is 0.455 e. The van der Waals surface area contributed by atoms with Crippen molar-refractivity contribution < 1.29 is 72.5 Å². The largest absolute Gasteiger partial charge is 0.509 e. The Morgan fingerprint density at radius 3 is 1.75 bits per heavy atom. The average molecular weight is 993 g/mol. The lowest BCUT2D eigenvalue weighted by Crippen LogP contribution is -2.69. The predicted octanol–water partition coefficient (Wildman–Crippen LogP) is 7.17. The van der Waals surface area contributed by atoms with E-state index in [0.717, 1.165) is 5.57 Å². The van der Waals surface area contributed by atoms with E-state index in [2.05, 4.69) is 13.8 Å². The molecule has 1 unspecified atom stereocenters. The quantitative estimate of drug-likeness (QED) is 0.135. The van der Waals surface area contributed by atoms with Crippen LogP contribution in [0.4, 0.5) is 9.18 Å². The van der Waals surface area contributed by atoms with E-state index in [0.29, 0.717) is 44.1 Å². The fraction of sp³-hybridized carbons (Fsp3) is 0.750. The fourth-order valence-corrected chi connectivity index (χ4v) is 16.5. The van der Waals surface area contributed by atoms with Crippen molar-refractivity contribution in [2.45, 2.75) is 181 Å². The minimum atomic E-state index is -2.14. The number of carbonyl (C=O) groups is 6. The first-order valence-electron chi connectivity index (χ1n) is 25.9. The number of fused-ring (bicyclic) bond motifs is 10. The number of esters is 1. The molecule has 0 aliphatic heterocycles. The van der Waals surface area contributed by atoms with Crippen LogP contribution >= 0.6 is 0 Å². The Hall–Kier alpha value is -3.89. The number of hydrogen-bond acceptors (Lipinski definition) is 14. The van der Waals surface area contributed by atoms with Crippen molar-refractivity contribution in [2.24, 2.45) is 62.6 Å². The van der Waals surface area contributed by atoms with Gasteiger partial charge in [0.25, 0.3) is 0 Å². The summed E-state index contributed by atoms with van der Waals surface area (Å²) in [6.07, 6.45) is 8.96. The molecule has 71 heavy (non-hydrogen) atoms. The molecular formula is C56H77FO14. The molecule has 0 aromatic carbocycles. The summed E-state index contributed by atoms with van der Waals surface area (Å²) in [5.41, 5.74) is -12.0. The standard InChI is InChI=1S/C56H77FO14/c1-12-52(10,45(64)68-29-43(62)55(66)32(3)24-40-38-16-14-34-26-36(59)18-20-49(34,7)54(38,57)42(61)28-51(40,55)9)70-22-21-47(4,5)71-46(65)69-30-44(63)56(67)31(2)23-39-37-15-13-33-25-35(58)17-19-48(33,6)53(37,11)41(60)27-50(39,56)8/h17-20,25-26,31-32,37-42,60-61,66-67H,12-16,21-24,27-30H2,1-11H3/t31-,32-,37+,38+,39+,40+,41+,42+,48+,49+,50+,51+,52?,53-,54+,55+,56+/m1/s1. The molecule has 8 rings (SSSR count). The number of ketones is 4. The van der Waals surface area contributed by atoms with Crippen molar-refractivity contribution in [1.29, 1.82) is 0 Å². The molecule has 17 atom stereocenters. The van der Waals surface area contributed by atoms with Gasteiger partial charge in [-0.1, -0.05) is 71.8 Å². The molecule has 15 heteroatoms. The van der Waals surface area contributed by atoms with Gasteiger partial charge in [-0.15, -0.1) is 0 Å². The third-order valence-corrected chi connectivity index (χ3v) is 21.3. The molecule has 8 aliphatic carbocycles. The first kappa shape index (κ1) is 53.4. The molecule has 0 saturated heterocycles. The van der Waals surface area contributed by atoms with E-state index in [1.807, 2.05) is 19.9 Å².